The van der Waals surface area contributed by atoms with Gasteiger partial charge in [0.1, 0.15) is 5.69 Å². The van der Waals surface area contributed by atoms with E-state index < -0.39 is 0 Å². The molecule has 8 heteroatoms. The second kappa shape index (κ2) is 10.5. The first-order valence-corrected chi connectivity index (χ1v) is 14.0. The molecule has 38 heavy (non-hydrogen) atoms. The van der Waals surface area contributed by atoms with E-state index in [0.29, 0.717) is 22.7 Å². The van der Waals surface area contributed by atoms with E-state index in [1.165, 1.54) is 31.4 Å². The SMILES string of the molecule is CC1CC(N)CN(c2ccncc2NC(=O)c2ccc3ccc(N4CCC5(CCOCC5)CC4)cc3n2)C1. The third-order valence-corrected chi connectivity index (χ3v) is 8.73. The van der Waals surface area contributed by atoms with Crippen LogP contribution in [-0.4, -0.2) is 61.3 Å². The Kier molecular flexibility index (Phi) is 6.93. The maximum atomic E-state index is 13.3. The lowest BCUT2D eigenvalue weighted by Gasteiger charge is -2.44. The Hall–Kier alpha value is -3.23. The third kappa shape index (κ3) is 5.20. The van der Waals surface area contributed by atoms with Crippen molar-refractivity contribution < 1.29 is 9.53 Å². The third-order valence-electron chi connectivity index (χ3n) is 8.73. The van der Waals surface area contributed by atoms with E-state index in [-0.39, 0.29) is 11.9 Å². The molecule has 1 spiro atoms. The van der Waals surface area contributed by atoms with Gasteiger partial charge in [-0.05, 0) is 67.7 Å². The second-order valence-corrected chi connectivity index (χ2v) is 11.5. The molecule has 200 valence electrons. The van der Waals surface area contributed by atoms with Crippen LogP contribution in [0.25, 0.3) is 10.9 Å². The van der Waals surface area contributed by atoms with Crippen LogP contribution < -0.4 is 20.9 Å². The summed E-state index contributed by atoms with van der Waals surface area (Å²) in [6.07, 6.45) is 9.26. The number of nitrogens with two attached hydrogens (primary N) is 1. The minimum absolute atomic E-state index is 0.119. The molecule has 2 aromatic heterocycles. The van der Waals surface area contributed by atoms with E-state index in [4.69, 9.17) is 15.5 Å². The van der Waals surface area contributed by atoms with Crippen LogP contribution in [0.4, 0.5) is 17.1 Å². The van der Waals surface area contributed by atoms with Crippen molar-refractivity contribution in [2.45, 2.75) is 45.1 Å². The van der Waals surface area contributed by atoms with E-state index in [1.54, 1.807) is 18.5 Å². The number of carbonyl (C=O) groups is 1. The zero-order chi connectivity index (χ0) is 26.1. The van der Waals surface area contributed by atoms with Crippen LogP contribution in [0.2, 0.25) is 0 Å². The van der Waals surface area contributed by atoms with Gasteiger partial charge in [-0.3, -0.25) is 9.78 Å². The van der Waals surface area contributed by atoms with Crippen molar-refractivity contribution in [2.24, 2.45) is 17.1 Å². The lowest BCUT2D eigenvalue weighted by atomic mass is 9.72. The summed E-state index contributed by atoms with van der Waals surface area (Å²) in [5, 5.41) is 4.09. The molecule has 0 bridgehead atoms. The van der Waals surface area contributed by atoms with Gasteiger partial charge in [0, 0.05) is 62.7 Å². The van der Waals surface area contributed by atoms with Gasteiger partial charge in [-0.1, -0.05) is 19.1 Å². The average Bonchev–Trinajstić information content (AvgIpc) is 2.93. The molecule has 5 heterocycles. The van der Waals surface area contributed by atoms with Crippen LogP contribution in [0.1, 0.15) is 49.5 Å². The quantitative estimate of drug-likeness (QED) is 0.531. The minimum Gasteiger partial charge on any atom is -0.381 e. The number of nitrogens with one attached hydrogen (secondary N) is 1. The van der Waals surface area contributed by atoms with Gasteiger partial charge in [0.05, 0.1) is 23.1 Å². The molecule has 3 aliphatic heterocycles. The van der Waals surface area contributed by atoms with E-state index in [1.807, 2.05) is 12.1 Å². The van der Waals surface area contributed by atoms with Crippen molar-refractivity contribution >= 4 is 33.9 Å². The first kappa shape index (κ1) is 25.1. The summed E-state index contributed by atoms with van der Waals surface area (Å²) in [4.78, 5) is 27.1. The van der Waals surface area contributed by atoms with Gasteiger partial charge in [-0.2, -0.15) is 0 Å². The van der Waals surface area contributed by atoms with Gasteiger partial charge >= 0.3 is 0 Å². The average molecular weight is 515 g/mol. The van der Waals surface area contributed by atoms with Crippen LogP contribution in [-0.2, 0) is 4.74 Å². The van der Waals surface area contributed by atoms with Crippen LogP contribution in [0.3, 0.4) is 0 Å². The maximum Gasteiger partial charge on any atom is 0.274 e. The molecule has 3 fully saturated rings. The van der Waals surface area contributed by atoms with Gasteiger partial charge in [0.15, 0.2) is 0 Å². The van der Waals surface area contributed by atoms with Crippen molar-refractivity contribution in [1.29, 1.82) is 0 Å². The lowest BCUT2D eigenvalue weighted by molar-refractivity contribution is 0.00212. The molecule has 0 aliphatic carbocycles. The van der Waals surface area contributed by atoms with Crippen LogP contribution in [0.15, 0.2) is 48.8 Å². The Labute approximate surface area is 224 Å². The normalized spacial score (nSPS) is 23.5. The molecule has 1 amide bonds. The minimum atomic E-state index is -0.236. The summed E-state index contributed by atoms with van der Waals surface area (Å²) >= 11 is 0. The van der Waals surface area contributed by atoms with E-state index in [9.17, 15) is 4.79 Å². The first-order valence-electron chi connectivity index (χ1n) is 14.0. The topological polar surface area (TPSA) is 96.6 Å². The Balaban J connectivity index is 1.18. The number of fused-ring (bicyclic) bond motifs is 1. The highest BCUT2D eigenvalue weighted by Crippen LogP contribution is 2.41. The van der Waals surface area contributed by atoms with Crippen LogP contribution >= 0.6 is 0 Å². The van der Waals surface area contributed by atoms with Gasteiger partial charge in [0.25, 0.3) is 5.91 Å². The smallest absolute Gasteiger partial charge is 0.274 e. The molecule has 2 atom stereocenters. The number of hydrogen-bond donors (Lipinski definition) is 2. The zero-order valence-corrected chi connectivity index (χ0v) is 22.2. The van der Waals surface area contributed by atoms with Gasteiger partial charge < -0.3 is 25.6 Å². The summed E-state index contributed by atoms with van der Waals surface area (Å²) in [6.45, 7) is 7.78. The lowest BCUT2D eigenvalue weighted by Crippen LogP contribution is -2.46. The highest BCUT2D eigenvalue weighted by atomic mass is 16.5. The largest absolute Gasteiger partial charge is 0.381 e. The summed E-state index contributed by atoms with van der Waals surface area (Å²) in [5.41, 5.74) is 10.8. The Bertz CT molecular complexity index is 1290. The molecule has 0 saturated carbocycles. The van der Waals surface area contributed by atoms with Crippen molar-refractivity contribution in [3.05, 3.63) is 54.5 Å². The Morgan fingerprint density at radius 3 is 2.63 bits per heavy atom. The number of ether oxygens (including phenoxy) is 1. The molecular formula is C30H38N6O2. The fraction of sp³-hybridized carbons (Fsp3) is 0.500. The molecular weight excluding hydrogens is 476 g/mol. The number of carbonyl (C=O) groups excluding carboxylic acids is 1. The maximum absolute atomic E-state index is 13.3. The fourth-order valence-electron chi connectivity index (χ4n) is 6.51. The highest BCUT2D eigenvalue weighted by molar-refractivity contribution is 6.05. The van der Waals surface area contributed by atoms with Crippen molar-refractivity contribution in [2.75, 3.05) is 54.5 Å². The fourth-order valence-corrected chi connectivity index (χ4v) is 6.51. The van der Waals surface area contributed by atoms with Crippen molar-refractivity contribution in [3.63, 3.8) is 0 Å². The molecule has 8 nitrogen and oxygen atoms in total. The number of rotatable bonds is 4. The summed E-state index contributed by atoms with van der Waals surface area (Å²) < 4.78 is 5.60. The predicted molar refractivity (Wildman–Crippen MR) is 152 cm³/mol. The van der Waals surface area contributed by atoms with Crippen LogP contribution in [0, 0.1) is 11.3 Å². The number of benzene rings is 1. The van der Waals surface area contributed by atoms with E-state index >= 15 is 0 Å². The zero-order valence-electron chi connectivity index (χ0n) is 22.2. The molecule has 0 radical (unpaired) electrons. The number of pyridine rings is 2. The van der Waals surface area contributed by atoms with E-state index in [2.05, 4.69) is 45.2 Å². The van der Waals surface area contributed by atoms with Crippen LogP contribution in [0.5, 0.6) is 0 Å². The Morgan fingerprint density at radius 1 is 1.05 bits per heavy atom. The highest BCUT2D eigenvalue weighted by Gasteiger charge is 2.36. The summed E-state index contributed by atoms with van der Waals surface area (Å²) in [7, 11) is 0. The van der Waals surface area contributed by atoms with Gasteiger partial charge in [0.2, 0.25) is 0 Å². The predicted octanol–water partition coefficient (Wildman–Crippen LogP) is 4.45. The standard InChI is InChI=1S/C30H38N6O2/c1-21-16-23(31)20-36(19-21)28-6-11-32-18-27(28)34-29(37)25-5-3-22-2-4-24(17-26(22)33-25)35-12-7-30(8-13-35)9-14-38-15-10-30/h2-6,11,17-18,21,23H,7-10,12-16,19-20,31H2,1H3,(H,34,37). The number of anilines is 3. The van der Waals surface area contributed by atoms with Crippen molar-refractivity contribution in [3.8, 4) is 0 Å². The van der Waals surface area contributed by atoms with Crippen molar-refractivity contribution in [1.82, 2.24) is 9.97 Å². The molecule has 6 rings (SSSR count). The monoisotopic (exact) mass is 514 g/mol. The first-order chi connectivity index (χ1) is 18.5. The number of hydrogen-bond acceptors (Lipinski definition) is 7. The van der Waals surface area contributed by atoms with Gasteiger partial charge in [-0.25, -0.2) is 4.98 Å². The molecule has 2 unspecified atom stereocenters. The second-order valence-electron chi connectivity index (χ2n) is 11.5. The number of amides is 1. The molecule has 3 N–H and O–H groups in total. The molecule has 1 aromatic carbocycles. The number of piperidine rings is 2. The molecule has 3 aliphatic rings. The number of aromatic nitrogens is 2. The molecule has 3 saturated heterocycles. The Morgan fingerprint density at radius 2 is 1.84 bits per heavy atom. The summed E-state index contributed by atoms with van der Waals surface area (Å²) in [6, 6.07) is 12.2. The van der Waals surface area contributed by atoms with Gasteiger partial charge in [-0.15, -0.1) is 0 Å². The van der Waals surface area contributed by atoms with E-state index in [0.717, 1.165) is 62.4 Å². The number of nitrogens with zero attached hydrogens (tertiary/aromatic N) is 4. The molecule has 3 aromatic rings. The summed E-state index contributed by atoms with van der Waals surface area (Å²) in [5.74, 6) is 0.259.